The quantitative estimate of drug-likeness (QED) is 0.362. The summed E-state index contributed by atoms with van der Waals surface area (Å²) in [7, 11) is -3.60. The van der Waals surface area contributed by atoms with Gasteiger partial charge >= 0.3 is 0 Å². The van der Waals surface area contributed by atoms with Gasteiger partial charge in [0, 0.05) is 43.0 Å². The summed E-state index contributed by atoms with van der Waals surface area (Å²) in [4.78, 5) is 11.4. The number of hydrogen-bond donors (Lipinski definition) is 0. The van der Waals surface area contributed by atoms with Crippen LogP contribution in [-0.4, -0.2) is 48.9 Å². The molecule has 4 aromatic rings. The normalized spacial score (nSPS) is 14.6. The summed E-state index contributed by atoms with van der Waals surface area (Å²) in [6.07, 6.45) is 1.72. The Morgan fingerprint density at radius 1 is 0.800 bits per heavy atom. The molecule has 1 saturated heterocycles. The lowest BCUT2D eigenvalue weighted by atomic mass is 10.1. The van der Waals surface area contributed by atoms with E-state index in [1.165, 1.54) is 10.4 Å². The molecule has 0 N–H and O–H groups in total. The minimum atomic E-state index is -3.60. The van der Waals surface area contributed by atoms with Gasteiger partial charge < -0.3 is 9.64 Å². The highest BCUT2D eigenvalue weighted by molar-refractivity contribution is 7.89. The van der Waals surface area contributed by atoms with Crippen LogP contribution in [0.2, 0.25) is 5.02 Å². The molecule has 0 bridgehead atoms. The van der Waals surface area contributed by atoms with Crippen molar-refractivity contribution in [3.05, 3.63) is 96.1 Å². The van der Waals surface area contributed by atoms with Gasteiger partial charge in [-0.25, -0.2) is 18.4 Å². The van der Waals surface area contributed by atoms with Crippen molar-refractivity contribution in [2.45, 2.75) is 4.90 Å². The fourth-order valence-corrected chi connectivity index (χ4v) is 5.61. The van der Waals surface area contributed by atoms with Crippen molar-refractivity contribution in [2.24, 2.45) is 0 Å². The molecule has 1 aliphatic heterocycles. The number of benzene rings is 3. The van der Waals surface area contributed by atoms with E-state index in [-0.39, 0.29) is 4.90 Å². The smallest absolute Gasteiger partial charge is 0.243 e. The molecule has 0 atom stereocenters. The van der Waals surface area contributed by atoms with E-state index in [0.717, 1.165) is 22.8 Å². The Morgan fingerprint density at radius 2 is 1.51 bits per heavy atom. The molecule has 35 heavy (non-hydrogen) atoms. The van der Waals surface area contributed by atoms with E-state index in [0.29, 0.717) is 37.1 Å². The standard InChI is InChI=1S/C26H23ClN4O3S/c27-21-5-4-8-24(19-21)35(32,33)31-17-15-30(16-18-31)26-28-14-13-25(29-26)20-9-11-23(12-10-20)34-22-6-2-1-3-7-22/h1-14,19H,15-18H2. The number of ether oxygens (including phenoxy) is 1. The number of hydrogen-bond acceptors (Lipinski definition) is 6. The van der Waals surface area contributed by atoms with Crippen LogP contribution in [0.15, 0.2) is 96.0 Å². The number of nitrogens with zero attached hydrogens (tertiary/aromatic N) is 4. The van der Waals surface area contributed by atoms with Crippen molar-refractivity contribution in [3.8, 4) is 22.8 Å². The molecule has 0 amide bonds. The predicted molar refractivity (Wildman–Crippen MR) is 136 cm³/mol. The third kappa shape index (κ3) is 5.30. The van der Waals surface area contributed by atoms with Crippen molar-refractivity contribution >= 4 is 27.6 Å². The molecule has 2 heterocycles. The number of aromatic nitrogens is 2. The minimum absolute atomic E-state index is 0.205. The molecule has 3 aromatic carbocycles. The summed E-state index contributed by atoms with van der Waals surface area (Å²) in [5, 5.41) is 0.398. The van der Waals surface area contributed by atoms with E-state index in [1.807, 2.05) is 65.6 Å². The van der Waals surface area contributed by atoms with Crippen LogP contribution in [0.5, 0.6) is 11.5 Å². The first kappa shape index (κ1) is 23.3. The van der Waals surface area contributed by atoms with Gasteiger partial charge in [-0.1, -0.05) is 35.9 Å². The molecule has 0 aliphatic carbocycles. The highest BCUT2D eigenvalue weighted by Crippen LogP contribution is 2.26. The maximum Gasteiger partial charge on any atom is 0.243 e. The van der Waals surface area contributed by atoms with Crippen LogP contribution >= 0.6 is 11.6 Å². The number of piperazine rings is 1. The Morgan fingerprint density at radius 3 is 2.23 bits per heavy atom. The number of rotatable bonds is 6. The predicted octanol–water partition coefficient (Wildman–Crippen LogP) is 5.10. The SMILES string of the molecule is O=S(=O)(c1cccc(Cl)c1)N1CCN(c2nccc(-c3ccc(Oc4ccccc4)cc3)n2)CC1. The lowest BCUT2D eigenvalue weighted by molar-refractivity contribution is 0.382. The molecule has 0 saturated carbocycles. The lowest BCUT2D eigenvalue weighted by Crippen LogP contribution is -2.49. The topological polar surface area (TPSA) is 75.6 Å². The highest BCUT2D eigenvalue weighted by atomic mass is 35.5. The van der Waals surface area contributed by atoms with E-state index in [9.17, 15) is 8.42 Å². The van der Waals surface area contributed by atoms with Crippen LogP contribution < -0.4 is 9.64 Å². The third-order valence-electron chi connectivity index (χ3n) is 5.73. The third-order valence-corrected chi connectivity index (χ3v) is 7.86. The monoisotopic (exact) mass is 506 g/mol. The largest absolute Gasteiger partial charge is 0.457 e. The highest BCUT2D eigenvalue weighted by Gasteiger charge is 2.29. The van der Waals surface area contributed by atoms with E-state index in [4.69, 9.17) is 21.3 Å². The van der Waals surface area contributed by atoms with Crippen molar-refractivity contribution in [1.29, 1.82) is 0 Å². The second-order valence-corrected chi connectivity index (χ2v) is 10.4. The summed E-state index contributed by atoms with van der Waals surface area (Å²) < 4.78 is 33.3. The number of halogens is 1. The Hall–Kier alpha value is -3.46. The first-order valence-corrected chi connectivity index (χ1v) is 13.0. The Kier molecular flexibility index (Phi) is 6.68. The van der Waals surface area contributed by atoms with Gasteiger partial charge in [-0.3, -0.25) is 0 Å². The Bertz CT molecular complexity index is 1410. The van der Waals surface area contributed by atoms with Gasteiger partial charge in [0.1, 0.15) is 11.5 Å². The van der Waals surface area contributed by atoms with Gasteiger partial charge in [-0.05, 0) is 60.7 Å². The summed E-state index contributed by atoms with van der Waals surface area (Å²) >= 11 is 5.99. The van der Waals surface area contributed by atoms with Gasteiger partial charge in [-0.15, -0.1) is 0 Å². The maximum absolute atomic E-state index is 13.0. The van der Waals surface area contributed by atoms with Gasteiger partial charge in [0.05, 0.1) is 10.6 Å². The molecule has 1 aliphatic rings. The zero-order valence-corrected chi connectivity index (χ0v) is 20.4. The van der Waals surface area contributed by atoms with Crippen molar-refractivity contribution < 1.29 is 13.2 Å². The Balaban J connectivity index is 1.26. The molecule has 5 rings (SSSR count). The molecule has 9 heteroatoms. The minimum Gasteiger partial charge on any atom is -0.457 e. The zero-order chi connectivity index (χ0) is 24.3. The fourth-order valence-electron chi connectivity index (χ4n) is 3.88. The second kappa shape index (κ2) is 10.0. The molecule has 7 nitrogen and oxygen atoms in total. The summed E-state index contributed by atoms with van der Waals surface area (Å²) in [5.41, 5.74) is 1.73. The number of anilines is 1. The van der Waals surface area contributed by atoms with Crippen molar-refractivity contribution in [2.75, 3.05) is 31.1 Å². The molecule has 0 radical (unpaired) electrons. The lowest BCUT2D eigenvalue weighted by Gasteiger charge is -2.34. The van der Waals surface area contributed by atoms with Gasteiger partial charge in [-0.2, -0.15) is 4.31 Å². The van der Waals surface area contributed by atoms with Crippen LogP contribution in [0.3, 0.4) is 0 Å². The van der Waals surface area contributed by atoms with Gasteiger partial charge in [0.2, 0.25) is 16.0 Å². The number of para-hydroxylation sites is 1. The Labute approximate surface area is 209 Å². The fraction of sp³-hybridized carbons (Fsp3) is 0.154. The van der Waals surface area contributed by atoms with Gasteiger partial charge in [0.25, 0.3) is 0 Å². The molecule has 1 fully saturated rings. The van der Waals surface area contributed by atoms with E-state index in [2.05, 4.69) is 4.98 Å². The molecule has 178 valence electrons. The zero-order valence-electron chi connectivity index (χ0n) is 18.8. The van der Waals surface area contributed by atoms with E-state index in [1.54, 1.807) is 24.4 Å². The molecular weight excluding hydrogens is 484 g/mol. The number of sulfonamides is 1. The van der Waals surface area contributed by atoms with Crippen LogP contribution in [0.1, 0.15) is 0 Å². The first-order chi connectivity index (χ1) is 17.0. The van der Waals surface area contributed by atoms with Crippen LogP contribution in [0.4, 0.5) is 5.95 Å². The van der Waals surface area contributed by atoms with Crippen LogP contribution in [0.25, 0.3) is 11.3 Å². The van der Waals surface area contributed by atoms with Gasteiger partial charge in [0.15, 0.2) is 0 Å². The first-order valence-electron chi connectivity index (χ1n) is 11.2. The molecule has 0 unspecified atom stereocenters. The average Bonchev–Trinajstić information content (AvgIpc) is 2.90. The summed E-state index contributed by atoms with van der Waals surface area (Å²) in [5.74, 6) is 2.10. The van der Waals surface area contributed by atoms with E-state index >= 15 is 0 Å². The maximum atomic E-state index is 13.0. The molecule has 1 aromatic heterocycles. The summed E-state index contributed by atoms with van der Waals surface area (Å²) in [6, 6.07) is 25.6. The van der Waals surface area contributed by atoms with Crippen molar-refractivity contribution in [3.63, 3.8) is 0 Å². The second-order valence-electron chi connectivity index (χ2n) is 8.03. The molecule has 0 spiro atoms. The van der Waals surface area contributed by atoms with Crippen LogP contribution in [0, 0.1) is 0 Å². The van der Waals surface area contributed by atoms with E-state index < -0.39 is 10.0 Å². The summed E-state index contributed by atoms with van der Waals surface area (Å²) in [6.45, 7) is 1.67. The molecular formula is C26H23ClN4O3S. The average molecular weight is 507 g/mol. The van der Waals surface area contributed by atoms with Crippen LogP contribution in [-0.2, 0) is 10.0 Å². The van der Waals surface area contributed by atoms with Crippen molar-refractivity contribution in [1.82, 2.24) is 14.3 Å².